The van der Waals surface area contributed by atoms with Crippen LogP contribution in [-0.2, 0) is 11.0 Å². The zero-order valence-electron chi connectivity index (χ0n) is 15.4. The van der Waals surface area contributed by atoms with Crippen LogP contribution in [0.2, 0.25) is 0 Å². The average molecular weight is 386 g/mol. The molecular formula is C19H25F3N2O3. The van der Waals surface area contributed by atoms with Crippen molar-refractivity contribution in [1.29, 1.82) is 0 Å². The van der Waals surface area contributed by atoms with Gasteiger partial charge in [0.1, 0.15) is 0 Å². The normalized spacial score (nSPS) is 21.4. The first-order valence-corrected chi connectivity index (χ1v) is 9.10. The highest BCUT2D eigenvalue weighted by Crippen LogP contribution is 2.32. The van der Waals surface area contributed by atoms with E-state index in [0.717, 1.165) is 12.1 Å². The van der Waals surface area contributed by atoms with Gasteiger partial charge in [-0.05, 0) is 57.2 Å². The molecule has 5 nitrogen and oxygen atoms in total. The third kappa shape index (κ3) is 5.37. The number of carbonyl (C=O) groups is 2. The fraction of sp³-hybridized carbons (Fsp3) is 0.579. The van der Waals surface area contributed by atoms with Gasteiger partial charge in [-0.15, -0.1) is 0 Å². The Kier molecular flexibility index (Phi) is 6.73. The van der Waals surface area contributed by atoms with Gasteiger partial charge in [0.2, 0.25) is 0 Å². The van der Waals surface area contributed by atoms with Crippen LogP contribution in [0.1, 0.15) is 56.7 Å². The fourth-order valence-corrected chi connectivity index (χ4v) is 3.49. The summed E-state index contributed by atoms with van der Waals surface area (Å²) in [6, 6.07) is 4.01. The molecule has 0 aromatic heterocycles. The molecule has 2 N–H and O–H groups in total. The van der Waals surface area contributed by atoms with Crippen molar-refractivity contribution in [3.8, 4) is 0 Å². The second-order valence-electron chi connectivity index (χ2n) is 6.92. The number of halogens is 3. The Hall–Kier alpha value is -2.25. The second-order valence-corrected chi connectivity index (χ2v) is 6.92. The van der Waals surface area contributed by atoms with Crippen molar-refractivity contribution in [3.05, 3.63) is 35.4 Å². The zero-order chi connectivity index (χ0) is 20.2. The van der Waals surface area contributed by atoms with E-state index in [2.05, 4.69) is 5.32 Å². The van der Waals surface area contributed by atoms with Gasteiger partial charge in [0.05, 0.1) is 17.5 Å². The van der Waals surface area contributed by atoms with E-state index in [1.165, 1.54) is 11.0 Å². The van der Waals surface area contributed by atoms with Gasteiger partial charge in [0.25, 0.3) is 0 Å². The van der Waals surface area contributed by atoms with E-state index in [4.69, 9.17) is 5.11 Å². The number of carboxylic acid groups (broad SMARTS) is 1. The van der Waals surface area contributed by atoms with Crippen molar-refractivity contribution in [2.45, 2.75) is 57.8 Å². The molecule has 1 fully saturated rings. The molecule has 0 bridgehead atoms. The Morgan fingerprint density at radius 3 is 2.41 bits per heavy atom. The molecule has 1 unspecified atom stereocenters. The molecule has 150 valence electrons. The van der Waals surface area contributed by atoms with Crippen molar-refractivity contribution >= 4 is 12.0 Å². The Labute approximate surface area is 156 Å². The number of urea groups is 1. The Morgan fingerprint density at radius 1 is 1.26 bits per heavy atom. The number of alkyl halides is 3. The average Bonchev–Trinajstić information content (AvgIpc) is 2.62. The maximum absolute atomic E-state index is 12.9. The van der Waals surface area contributed by atoms with Crippen LogP contribution >= 0.6 is 0 Å². The van der Waals surface area contributed by atoms with Crippen molar-refractivity contribution in [1.82, 2.24) is 10.2 Å². The fourth-order valence-electron chi connectivity index (χ4n) is 3.49. The summed E-state index contributed by atoms with van der Waals surface area (Å²) in [5.41, 5.74) is -0.327. The number of aliphatic carboxylic acids is 1. The SMILES string of the molecule is CCN(C(=O)NC1CCC(C(=O)O)CC1)C(C)c1cccc(C(F)(F)F)c1. The van der Waals surface area contributed by atoms with Crippen LogP contribution in [0.4, 0.5) is 18.0 Å². The van der Waals surface area contributed by atoms with E-state index in [1.807, 2.05) is 0 Å². The molecule has 1 atom stereocenters. The lowest BCUT2D eigenvalue weighted by Gasteiger charge is -2.33. The molecule has 8 heteroatoms. The number of rotatable bonds is 5. The summed E-state index contributed by atoms with van der Waals surface area (Å²) in [6.45, 7) is 3.80. The third-order valence-electron chi connectivity index (χ3n) is 5.17. The summed E-state index contributed by atoms with van der Waals surface area (Å²) >= 11 is 0. The monoisotopic (exact) mass is 386 g/mol. The first-order valence-electron chi connectivity index (χ1n) is 9.10. The summed E-state index contributed by atoms with van der Waals surface area (Å²) in [5.74, 6) is -1.18. The van der Waals surface area contributed by atoms with Crippen LogP contribution in [0.3, 0.4) is 0 Å². The maximum Gasteiger partial charge on any atom is 0.416 e. The number of nitrogens with one attached hydrogen (secondary N) is 1. The van der Waals surface area contributed by atoms with E-state index in [1.54, 1.807) is 19.9 Å². The second kappa shape index (κ2) is 8.63. The van der Waals surface area contributed by atoms with E-state index in [-0.39, 0.29) is 18.0 Å². The minimum Gasteiger partial charge on any atom is -0.481 e. The standard InChI is InChI=1S/C19H25F3N2O3/c1-3-24(12(2)14-5-4-6-15(11-14)19(20,21)22)18(27)23-16-9-7-13(8-10-16)17(25)26/h4-6,11-13,16H,3,7-10H2,1-2H3,(H,23,27)(H,25,26). The molecule has 0 saturated heterocycles. The van der Waals surface area contributed by atoms with Gasteiger partial charge in [0, 0.05) is 12.6 Å². The van der Waals surface area contributed by atoms with E-state index in [0.29, 0.717) is 37.8 Å². The predicted octanol–water partition coefficient (Wildman–Crippen LogP) is 4.44. The third-order valence-corrected chi connectivity index (χ3v) is 5.17. The molecular weight excluding hydrogens is 361 g/mol. The zero-order valence-corrected chi connectivity index (χ0v) is 15.4. The summed E-state index contributed by atoms with van der Waals surface area (Å²) in [4.78, 5) is 25.1. The van der Waals surface area contributed by atoms with Crippen LogP contribution in [0, 0.1) is 5.92 Å². The first kappa shape index (κ1) is 21.1. The summed E-state index contributed by atoms with van der Waals surface area (Å²) in [5, 5.41) is 11.9. The Morgan fingerprint density at radius 2 is 1.89 bits per heavy atom. The molecule has 1 aromatic rings. The summed E-state index contributed by atoms with van der Waals surface area (Å²) in [6.07, 6.45) is -2.25. The van der Waals surface area contributed by atoms with Gasteiger partial charge < -0.3 is 15.3 Å². The van der Waals surface area contributed by atoms with Gasteiger partial charge in [0.15, 0.2) is 0 Å². The van der Waals surface area contributed by atoms with Gasteiger partial charge in [-0.25, -0.2) is 4.79 Å². The van der Waals surface area contributed by atoms with Crippen molar-refractivity contribution in [3.63, 3.8) is 0 Å². The number of nitrogens with zero attached hydrogens (tertiary/aromatic N) is 1. The maximum atomic E-state index is 12.9. The number of carbonyl (C=O) groups excluding carboxylic acids is 1. The van der Waals surface area contributed by atoms with Crippen molar-refractivity contribution in [2.75, 3.05) is 6.54 Å². The molecule has 0 aliphatic heterocycles. The predicted molar refractivity (Wildman–Crippen MR) is 94.2 cm³/mol. The molecule has 1 saturated carbocycles. The molecule has 1 aromatic carbocycles. The number of carboxylic acids is 1. The molecule has 2 rings (SSSR count). The lowest BCUT2D eigenvalue weighted by Crippen LogP contribution is -2.47. The molecule has 0 spiro atoms. The number of hydrogen-bond acceptors (Lipinski definition) is 2. The summed E-state index contributed by atoms with van der Waals surface area (Å²) in [7, 11) is 0. The smallest absolute Gasteiger partial charge is 0.416 e. The van der Waals surface area contributed by atoms with Crippen molar-refractivity contribution in [2.24, 2.45) is 5.92 Å². The lowest BCUT2D eigenvalue weighted by atomic mass is 9.86. The van der Waals surface area contributed by atoms with Gasteiger partial charge >= 0.3 is 18.2 Å². The topological polar surface area (TPSA) is 69.6 Å². The van der Waals surface area contributed by atoms with Gasteiger partial charge in [-0.2, -0.15) is 13.2 Å². The van der Waals surface area contributed by atoms with E-state index >= 15 is 0 Å². The van der Waals surface area contributed by atoms with Gasteiger partial charge in [-0.3, -0.25) is 4.79 Å². The number of amides is 2. The largest absolute Gasteiger partial charge is 0.481 e. The van der Waals surface area contributed by atoms with Crippen LogP contribution in [-0.4, -0.2) is 34.6 Å². The molecule has 0 radical (unpaired) electrons. The van der Waals surface area contributed by atoms with E-state index in [9.17, 15) is 22.8 Å². The van der Waals surface area contributed by atoms with Crippen molar-refractivity contribution < 1.29 is 27.9 Å². The number of hydrogen-bond donors (Lipinski definition) is 2. The summed E-state index contributed by atoms with van der Waals surface area (Å²) < 4.78 is 38.8. The van der Waals surface area contributed by atoms with Crippen LogP contribution < -0.4 is 5.32 Å². The highest BCUT2D eigenvalue weighted by atomic mass is 19.4. The van der Waals surface area contributed by atoms with E-state index < -0.39 is 23.8 Å². The Balaban J connectivity index is 2.03. The molecule has 0 heterocycles. The molecule has 1 aliphatic rings. The first-order chi connectivity index (χ1) is 12.6. The molecule has 27 heavy (non-hydrogen) atoms. The van der Waals surface area contributed by atoms with Gasteiger partial charge in [-0.1, -0.05) is 12.1 Å². The van der Waals surface area contributed by atoms with Crippen LogP contribution in [0.5, 0.6) is 0 Å². The Bertz CT molecular complexity index is 670. The minimum absolute atomic E-state index is 0.115. The highest BCUT2D eigenvalue weighted by molar-refractivity contribution is 5.75. The quantitative estimate of drug-likeness (QED) is 0.786. The minimum atomic E-state index is -4.43. The van der Waals surface area contributed by atoms with Crippen LogP contribution in [0.15, 0.2) is 24.3 Å². The number of benzene rings is 1. The molecule has 2 amide bonds. The molecule has 1 aliphatic carbocycles. The highest BCUT2D eigenvalue weighted by Gasteiger charge is 2.32. The lowest BCUT2D eigenvalue weighted by molar-refractivity contribution is -0.143. The van der Waals surface area contributed by atoms with Crippen LogP contribution in [0.25, 0.3) is 0 Å².